The zero-order valence-corrected chi connectivity index (χ0v) is 14.6. The van der Waals surface area contributed by atoms with Gasteiger partial charge in [0.05, 0.1) is 0 Å². The highest BCUT2D eigenvalue weighted by Crippen LogP contribution is 2.40. The molecule has 4 aromatic carbocycles. The monoisotopic (exact) mass is 358 g/mol. The Morgan fingerprint density at radius 2 is 1.62 bits per heavy atom. The van der Waals surface area contributed by atoms with Gasteiger partial charge in [0.2, 0.25) is 0 Å². The van der Waals surface area contributed by atoms with Crippen molar-refractivity contribution in [3.63, 3.8) is 0 Å². The zero-order valence-electron chi connectivity index (χ0n) is 13.9. The van der Waals surface area contributed by atoms with Crippen molar-refractivity contribution in [2.45, 2.75) is 0 Å². The first-order chi connectivity index (χ1) is 12.7. The molecule has 2 nitrogen and oxygen atoms in total. The van der Waals surface area contributed by atoms with Gasteiger partial charge < -0.3 is 4.74 Å². The first-order valence-corrected chi connectivity index (χ1v) is 8.63. The van der Waals surface area contributed by atoms with E-state index < -0.39 is 0 Å². The minimum absolute atomic E-state index is 0.616. The zero-order chi connectivity index (χ0) is 17.9. The van der Waals surface area contributed by atoms with Crippen molar-refractivity contribution in [3.05, 3.63) is 95.5 Å². The van der Waals surface area contributed by atoms with Crippen molar-refractivity contribution in [3.8, 4) is 22.6 Å². The second-order valence-electron chi connectivity index (χ2n) is 5.96. The van der Waals surface area contributed by atoms with E-state index in [1.165, 1.54) is 0 Å². The number of ether oxygens (including phenoxy) is 1. The van der Waals surface area contributed by atoms with E-state index in [1.807, 2.05) is 48.5 Å². The predicted molar refractivity (Wildman–Crippen MR) is 106 cm³/mol. The summed E-state index contributed by atoms with van der Waals surface area (Å²) in [5.74, 6) is 1.44. The number of rotatable bonds is 4. The Kier molecular flexibility index (Phi) is 4.42. The SMILES string of the molecule is O=Cc1ccc(Oc2c(-c3cccc(Cl)c3)ccc3ccccc23)cc1. The Morgan fingerprint density at radius 1 is 0.808 bits per heavy atom. The molecule has 0 unspecified atom stereocenters. The summed E-state index contributed by atoms with van der Waals surface area (Å²) < 4.78 is 6.26. The quantitative estimate of drug-likeness (QED) is 0.376. The fourth-order valence-corrected chi connectivity index (χ4v) is 3.16. The van der Waals surface area contributed by atoms with E-state index in [1.54, 1.807) is 24.3 Å². The third kappa shape index (κ3) is 3.19. The summed E-state index contributed by atoms with van der Waals surface area (Å²) in [4.78, 5) is 10.9. The summed E-state index contributed by atoms with van der Waals surface area (Å²) in [6, 6.07) is 27.0. The standard InChI is InChI=1S/C23H15ClO2/c24-19-6-3-5-18(14-19)22-13-10-17-4-1-2-7-21(17)23(22)26-20-11-8-16(15-25)9-12-20/h1-15H. The van der Waals surface area contributed by atoms with Gasteiger partial charge in [0.15, 0.2) is 0 Å². The highest BCUT2D eigenvalue weighted by molar-refractivity contribution is 6.30. The van der Waals surface area contributed by atoms with E-state index in [-0.39, 0.29) is 0 Å². The highest BCUT2D eigenvalue weighted by atomic mass is 35.5. The molecule has 0 radical (unpaired) electrons. The number of aldehydes is 1. The van der Waals surface area contributed by atoms with Crippen LogP contribution >= 0.6 is 11.6 Å². The van der Waals surface area contributed by atoms with E-state index in [0.717, 1.165) is 33.9 Å². The number of carbonyl (C=O) groups is 1. The Hall–Kier alpha value is -3.10. The molecule has 0 amide bonds. The van der Waals surface area contributed by atoms with Gasteiger partial charge in [-0.1, -0.05) is 54.1 Å². The molecule has 0 aliphatic rings. The molecule has 0 heterocycles. The summed E-state index contributed by atoms with van der Waals surface area (Å²) in [5.41, 5.74) is 2.57. The molecule has 0 saturated carbocycles. The van der Waals surface area contributed by atoms with Crippen LogP contribution in [0.4, 0.5) is 0 Å². The molecule has 4 rings (SSSR count). The molecule has 0 fully saturated rings. The maximum absolute atomic E-state index is 10.9. The number of hydrogen-bond donors (Lipinski definition) is 0. The molecule has 0 aliphatic carbocycles. The van der Waals surface area contributed by atoms with Crippen LogP contribution in [0.3, 0.4) is 0 Å². The third-order valence-electron chi connectivity index (χ3n) is 4.25. The average molecular weight is 359 g/mol. The topological polar surface area (TPSA) is 26.3 Å². The number of fused-ring (bicyclic) bond motifs is 1. The normalized spacial score (nSPS) is 10.7. The predicted octanol–water partition coefficient (Wildman–Crippen LogP) is 6.77. The number of hydrogen-bond acceptors (Lipinski definition) is 2. The van der Waals surface area contributed by atoms with Crippen molar-refractivity contribution in [1.29, 1.82) is 0 Å². The summed E-state index contributed by atoms with van der Waals surface area (Å²) in [6.45, 7) is 0. The molecular formula is C23H15ClO2. The Bertz CT molecular complexity index is 1080. The van der Waals surface area contributed by atoms with Gasteiger partial charge in [-0.2, -0.15) is 0 Å². The van der Waals surface area contributed by atoms with Crippen LogP contribution in [0.25, 0.3) is 21.9 Å². The molecule has 0 bridgehead atoms. The molecule has 0 atom stereocenters. The lowest BCUT2D eigenvalue weighted by Gasteiger charge is -2.15. The van der Waals surface area contributed by atoms with Crippen LogP contribution in [-0.4, -0.2) is 6.29 Å². The van der Waals surface area contributed by atoms with Gasteiger partial charge in [0.25, 0.3) is 0 Å². The lowest BCUT2D eigenvalue weighted by Crippen LogP contribution is -1.91. The summed E-state index contributed by atoms with van der Waals surface area (Å²) in [7, 11) is 0. The molecule has 0 aromatic heterocycles. The molecule has 4 aromatic rings. The number of halogens is 1. The fourth-order valence-electron chi connectivity index (χ4n) is 2.97. The maximum Gasteiger partial charge on any atom is 0.150 e. The smallest absolute Gasteiger partial charge is 0.150 e. The van der Waals surface area contributed by atoms with Crippen LogP contribution in [-0.2, 0) is 0 Å². The Balaban J connectivity index is 1.89. The van der Waals surface area contributed by atoms with Crippen LogP contribution in [0.5, 0.6) is 11.5 Å². The maximum atomic E-state index is 10.9. The minimum atomic E-state index is 0.616. The van der Waals surface area contributed by atoms with Gasteiger partial charge in [-0.05, 0) is 53.4 Å². The van der Waals surface area contributed by atoms with Crippen LogP contribution < -0.4 is 4.74 Å². The van der Waals surface area contributed by atoms with Gasteiger partial charge >= 0.3 is 0 Å². The van der Waals surface area contributed by atoms with Gasteiger partial charge in [-0.25, -0.2) is 0 Å². The number of benzene rings is 4. The minimum Gasteiger partial charge on any atom is -0.456 e. The average Bonchev–Trinajstić information content (AvgIpc) is 2.69. The van der Waals surface area contributed by atoms with Crippen LogP contribution in [0, 0.1) is 0 Å². The molecule has 0 N–H and O–H groups in total. The van der Waals surface area contributed by atoms with Crippen LogP contribution in [0.15, 0.2) is 84.9 Å². The molecule has 0 spiro atoms. The van der Waals surface area contributed by atoms with Crippen molar-refractivity contribution < 1.29 is 9.53 Å². The van der Waals surface area contributed by atoms with E-state index in [4.69, 9.17) is 16.3 Å². The second kappa shape index (κ2) is 7.03. The van der Waals surface area contributed by atoms with Crippen LogP contribution in [0.2, 0.25) is 5.02 Å². The molecule has 0 saturated heterocycles. The molecule has 3 heteroatoms. The van der Waals surface area contributed by atoms with E-state index in [0.29, 0.717) is 16.3 Å². The van der Waals surface area contributed by atoms with Crippen molar-refractivity contribution >= 4 is 28.7 Å². The second-order valence-corrected chi connectivity index (χ2v) is 6.40. The lowest BCUT2D eigenvalue weighted by atomic mass is 9.99. The first kappa shape index (κ1) is 16.4. The molecular weight excluding hydrogens is 344 g/mol. The van der Waals surface area contributed by atoms with Gasteiger partial charge in [-0.3, -0.25) is 4.79 Å². The van der Waals surface area contributed by atoms with Crippen molar-refractivity contribution in [2.75, 3.05) is 0 Å². The summed E-state index contributed by atoms with van der Waals surface area (Å²) >= 11 is 6.19. The van der Waals surface area contributed by atoms with Crippen LogP contribution in [0.1, 0.15) is 10.4 Å². The van der Waals surface area contributed by atoms with Gasteiger partial charge in [-0.15, -0.1) is 0 Å². The van der Waals surface area contributed by atoms with Gasteiger partial charge in [0.1, 0.15) is 17.8 Å². The first-order valence-electron chi connectivity index (χ1n) is 8.25. The fraction of sp³-hybridized carbons (Fsp3) is 0. The largest absolute Gasteiger partial charge is 0.456 e. The Morgan fingerprint density at radius 3 is 2.38 bits per heavy atom. The van der Waals surface area contributed by atoms with E-state index >= 15 is 0 Å². The number of carbonyl (C=O) groups excluding carboxylic acids is 1. The highest BCUT2D eigenvalue weighted by Gasteiger charge is 2.12. The van der Waals surface area contributed by atoms with E-state index in [2.05, 4.69) is 12.1 Å². The third-order valence-corrected chi connectivity index (χ3v) is 4.49. The Labute approximate surface area is 156 Å². The molecule has 26 heavy (non-hydrogen) atoms. The van der Waals surface area contributed by atoms with Gasteiger partial charge in [0, 0.05) is 21.5 Å². The molecule has 0 aliphatic heterocycles. The summed E-state index contributed by atoms with van der Waals surface area (Å²) in [5, 5.41) is 2.79. The summed E-state index contributed by atoms with van der Waals surface area (Å²) in [6.07, 6.45) is 0.819. The van der Waals surface area contributed by atoms with Crippen molar-refractivity contribution in [2.24, 2.45) is 0 Å². The van der Waals surface area contributed by atoms with Crippen molar-refractivity contribution in [1.82, 2.24) is 0 Å². The van der Waals surface area contributed by atoms with E-state index in [9.17, 15) is 4.79 Å². The molecule has 126 valence electrons. The lowest BCUT2D eigenvalue weighted by molar-refractivity contribution is 0.112.